The van der Waals surface area contributed by atoms with Gasteiger partial charge in [0, 0.05) is 18.0 Å². The number of aromatic nitrogens is 1. The molecule has 0 aliphatic carbocycles. The summed E-state index contributed by atoms with van der Waals surface area (Å²) in [5.41, 5.74) is 2.07. The van der Waals surface area contributed by atoms with Gasteiger partial charge in [-0.05, 0) is 30.2 Å². The molecule has 0 radical (unpaired) electrons. The van der Waals surface area contributed by atoms with Crippen LogP contribution < -0.4 is 15.4 Å². The summed E-state index contributed by atoms with van der Waals surface area (Å²) in [6, 6.07) is 11.3. The number of carbonyl (C=O) groups is 1. The molecule has 0 unspecified atom stereocenters. The number of hydrogen-bond donors (Lipinski definition) is 2. The molecule has 0 spiro atoms. The number of nitrogens with zero attached hydrogens (tertiary/aromatic N) is 1. The molecule has 1 aliphatic heterocycles. The van der Waals surface area contributed by atoms with Crippen LogP contribution in [0.3, 0.4) is 0 Å². The zero-order valence-corrected chi connectivity index (χ0v) is 12.5. The molecular weight excluding hydrogens is 278 g/mol. The molecule has 0 fully saturated rings. The van der Waals surface area contributed by atoms with Crippen molar-refractivity contribution in [3.05, 3.63) is 59.9 Å². The zero-order chi connectivity index (χ0) is 15.4. The summed E-state index contributed by atoms with van der Waals surface area (Å²) >= 11 is 0. The number of amides is 2. The van der Waals surface area contributed by atoms with Gasteiger partial charge in [0.25, 0.3) is 0 Å². The highest BCUT2D eigenvalue weighted by atomic mass is 16.5. The van der Waals surface area contributed by atoms with E-state index in [4.69, 9.17) is 4.74 Å². The summed E-state index contributed by atoms with van der Waals surface area (Å²) in [6.45, 7) is 2.51. The first-order valence-electron chi connectivity index (χ1n) is 7.46. The van der Waals surface area contributed by atoms with Crippen molar-refractivity contribution < 1.29 is 9.53 Å². The fourth-order valence-corrected chi connectivity index (χ4v) is 2.66. The topological polar surface area (TPSA) is 63.2 Å². The van der Waals surface area contributed by atoms with Crippen molar-refractivity contribution in [1.29, 1.82) is 0 Å². The molecule has 1 aliphatic rings. The highest BCUT2D eigenvalue weighted by molar-refractivity contribution is 5.75. The second-order valence-corrected chi connectivity index (χ2v) is 5.26. The number of rotatable bonds is 4. The normalized spacial score (nSPS) is 17.2. The number of pyridine rings is 1. The lowest BCUT2D eigenvalue weighted by Crippen LogP contribution is -2.40. The smallest absolute Gasteiger partial charge is 0.315 e. The number of urea groups is 1. The third-order valence-corrected chi connectivity index (χ3v) is 3.83. The average Bonchev–Trinajstić information content (AvgIpc) is 2.96. The Kier molecular flexibility index (Phi) is 4.23. The van der Waals surface area contributed by atoms with Crippen molar-refractivity contribution in [2.45, 2.75) is 25.4 Å². The Labute approximate surface area is 129 Å². The number of hydrogen-bond acceptors (Lipinski definition) is 3. The minimum absolute atomic E-state index is 0.0273. The first-order valence-corrected chi connectivity index (χ1v) is 7.46. The SMILES string of the molecule is CC[C@H](NC(=O)N[C@@H]1COc2ccccc21)c1ccncc1. The van der Waals surface area contributed by atoms with Crippen molar-refractivity contribution in [3.8, 4) is 5.75 Å². The van der Waals surface area contributed by atoms with E-state index in [-0.39, 0.29) is 18.1 Å². The van der Waals surface area contributed by atoms with Crippen LogP contribution in [0, 0.1) is 0 Å². The molecule has 22 heavy (non-hydrogen) atoms. The third kappa shape index (κ3) is 3.03. The van der Waals surface area contributed by atoms with Crippen LogP contribution in [0.25, 0.3) is 0 Å². The number of nitrogens with one attached hydrogen (secondary N) is 2. The summed E-state index contributed by atoms with van der Waals surface area (Å²) in [6.07, 6.45) is 4.28. The standard InChI is InChI=1S/C17H19N3O2/c1-2-14(12-7-9-18-10-8-12)19-17(21)20-15-11-22-16-6-4-3-5-13(15)16/h3-10,14-15H,2,11H2,1H3,(H2,19,20,21)/t14-,15+/m0/s1. The Hall–Kier alpha value is -2.56. The molecule has 5 nitrogen and oxygen atoms in total. The quantitative estimate of drug-likeness (QED) is 0.912. The summed E-state index contributed by atoms with van der Waals surface area (Å²) in [5, 5.41) is 5.99. The molecule has 0 saturated heterocycles. The molecule has 114 valence electrons. The highest BCUT2D eigenvalue weighted by Gasteiger charge is 2.25. The first kappa shape index (κ1) is 14.4. The van der Waals surface area contributed by atoms with E-state index >= 15 is 0 Å². The molecule has 2 N–H and O–H groups in total. The zero-order valence-electron chi connectivity index (χ0n) is 12.5. The first-order chi connectivity index (χ1) is 10.8. The number of fused-ring (bicyclic) bond motifs is 1. The monoisotopic (exact) mass is 297 g/mol. The van der Waals surface area contributed by atoms with Crippen LogP contribution in [0.2, 0.25) is 0 Å². The van der Waals surface area contributed by atoms with Crippen molar-refractivity contribution in [2.75, 3.05) is 6.61 Å². The van der Waals surface area contributed by atoms with Gasteiger partial charge in [-0.15, -0.1) is 0 Å². The second-order valence-electron chi connectivity index (χ2n) is 5.26. The van der Waals surface area contributed by atoms with E-state index in [9.17, 15) is 4.79 Å². The van der Waals surface area contributed by atoms with Crippen molar-refractivity contribution in [2.24, 2.45) is 0 Å². The van der Waals surface area contributed by atoms with E-state index in [1.54, 1.807) is 12.4 Å². The van der Waals surface area contributed by atoms with E-state index in [0.717, 1.165) is 23.3 Å². The maximum absolute atomic E-state index is 12.3. The van der Waals surface area contributed by atoms with Crippen molar-refractivity contribution in [1.82, 2.24) is 15.6 Å². The average molecular weight is 297 g/mol. The fraction of sp³-hybridized carbons (Fsp3) is 0.294. The molecule has 2 aromatic rings. The van der Waals surface area contributed by atoms with Crippen LogP contribution in [0.1, 0.15) is 36.6 Å². The fourth-order valence-electron chi connectivity index (χ4n) is 2.66. The summed E-state index contributed by atoms with van der Waals surface area (Å²) in [7, 11) is 0. The predicted octanol–water partition coefficient (Wildman–Crippen LogP) is 2.97. The van der Waals surface area contributed by atoms with E-state index < -0.39 is 0 Å². The van der Waals surface area contributed by atoms with Crippen LogP contribution in [0.5, 0.6) is 5.75 Å². The van der Waals surface area contributed by atoms with Gasteiger partial charge in [-0.1, -0.05) is 25.1 Å². The number of benzene rings is 1. The van der Waals surface area contributed by atoms with Gasteiger partial charge in [0.05, 0.1) is 12.1 Å². The number of para-hydroxylation sites is 1. The Bertz CT molecular complexity index is 639. The van der Waals surface area contributed by atoms with Crippen molar-refractivity contribution in [3.63, 3.8) is 0 Å². The van der Waals surface area contributed by atoms with Crippen molar-refractivity contribution >= 4 is 6.03 Å². The van der Waals surface area contributed by atoms with Crippen LogP contribution >= 0.6 is 0 Å². The van der Waals surface area contributed by atoms with E-state index in [1.165, 1.54) is 0 Å². The van der Waals surface area contributed by atoms with Gasteiger partial charge in [0.15, 0.2) is 0 Å². The predicted molar refractivity (Wildman–Crippen MR) is 83.6 cm³/mol. The lowest BCUT2D eigenvalue weighted by Gasteiger charge is -2.19. The Morgan fingerprint density at radius 2 is 2.09 bits per heavy atom. The van der Waals surface area contributed by atoms with E-state index in [0.29, 0.717) is 6.61 Å². The second kappa shape index (κ2) is 6.47. The summed E-state index contributed by atoms with van der Waals surface area (Å²) < 4.78 is 5.58. The molecule has 1 aromatic carbocycles. The van der Waals surface area contributed by atoms with E-state index in [2.05, 4.69) is 15.6 Å². The lowest BCUT2D eigenvalue weighted by atomic mass is 10.1. The van der Waals surface area contributed by atoms with Crippen LogP contribution in [-0.2, 0) is 0 Å². The van der Waals surface area contributed by atoms with Gasteiger partial charge < -0.3 is 15.4 Å². The number of carbonyl (C=O) groups excluding carboxylic acids is 1. The molecule has 2 amide bonds. The molecular formula is C17H19N3O2. The third-order valence-electron chi connectivity index (χ3n) is 3.83. The minimum Gasteiger partial charge on any atom is -0.491 e. The van der Waals surface area contributed by atoms with Gasteiger partial charge >= 0.3 is 6.03 Å². The Morgan fingerprint density at radius 1 is 1.32 bits per heavy atom. The van der Waals surface area contributed by atoms with Gasteiger partial charge in [-0.3, -0.25) is 4.98 Å². The minimum atomic E-state index is -0.186. The summed E-state index contributed by atoms with van der Waals surface area (Å²) in [5.74, 6) is 0.842. The van der Waals surface area contributed by atoms with Crippen LogP contribution in [0.15, 0.2) is 48.8 Å². The molecule has 5 heteroatoms. The maximum atomic E-state index is 12.3. The Balaban J connectivity index is 1.63. The molecule has 3 rings (SSSR count). The lowest BCUT2D eigenvalue weighted by molar-refractivity contribution is 0.228. The molecule has 0 bridgehead atoms. The maximum Gasteiger partial charge on any atom is 0.315 e. The highest BCUT2D eigenvalue weighted by Crippen LogP contribution is 2.31. The van der Waals surface area contributed by atoms with Crippen LogP contribution in [-0.4, -0.2) is 17.6 Å². The van der Waals surface area contributed by atoms with Gasteiger partial charge in [-0.25, -0.2) is 4.79 Å². The van der Waals surface area contributed by atoms with Crippen LogP contribution in [0.4, 0.5) is 4.79 Å². The Morgan fingerprint density at radius 3 is 2.86 bits per heavy atom. The van der Waals surface area contributed by atoms with Gasteiger partial charge in [-0.2, -0.15) is 0 Å². The number of ether oxygens (including phenoxy) is 1. The largest absolute Gasteiger partial charge is 0.491 e. The molecule has 0 saturated carbocycles. The van der Waals surface area contributed by atoms with E-state index in [1.807, 2.05) is 43.3 Å². The molecule has 1 aromatic heterocycles. The van der Waals surface area contributed by atoms with Gasteiger partial charge in [0.2, 0.25) is 0 Å². The molecule has 2 heterocycles. The summed E-state index contributed by atoms with van der Waals surface area (Å²) in [4.78, 5) is 16.3. The van der Waals surface area contributed by atoms with Gasteiger partial charge in [0.1, 0.15) is 12.4 Å². The molecule has 2 atom stereocenters.